The van der Waals surface area contributed by atoms with Crippen LogP contribution in [-0.4, -0.2) is 32.6 Å². The molecule has 23 heavy (non-hydrogen) atoms. The van der Waals surface area contributed by atoms with Gasteiger partial charge in [-0.15, -0.1) is 10.2 Å². The predicted molar refractivity (Wildman–Crippen MR) is 86.0 cm³/mol. The van der Waals surface area contributed by atoms with Gasteiger partial charge in [0.25, 0.3) is 0 Å². The standard InChI is InChI=1S/C16H21N5O2/c1-10(2)23-14-8-7-12(9-13(14)15-18-20-21-19-15)17-16(22)11-5-3-4-6-11/h7-11H,3-6H2,1-2H3,(H,17,22)(H,18,19,20,21). The van der Waals surface area contributed by atoms with Gasteiger partial charge in [-0.2, -0.15) is 5.21 Å². The molecule has 1 amide bonds. The predicted octanol–water partition coefficient (Wildman–Crippen LogP) is 2.78. The Labute approximate surface area is 134 Å². The lowest BCUT2D eigenvalue weighted by Crippen LogP contribution is -2.20. The number of nitrogens with zero attached hydrogens (tertiary/aromatic N) is 3. The Hall–Kier alpha value is -2.44. The van der Waals surface area contributed by atoms with Crippen molar-refractivity contribution in [2.24, 2.45) is 5.92 Å². The zero-order valence-corrected chi connectivity index (χ0v) is 13.4. The lowest BCUT2D eigenvalue weighted by atomic mass is 10.1. The number of hydrogen-bond acceptors (Lipinski definition) is 5. The van der Waals surface area contributed by atoms with Crippen LogP contribution in [0.4, 0.5) is 5.69 Å². The number of rotatable bonds is 5. The van der Waals surface area contributed by atoms with E-state index in [1.54, 1.807) is 0 Å². The molecule has 1 aromatic carbocycles. The Morgan fingerprint density at radius 2 is 2.13 bits per heavy atom. The molecule has 1 aliphatic carbocycles. The van der Waals surface area contributed by atoms with E-state index in [1.165, 1.54) is 0 Å². The summed E-state index contributed by atoms with van der Waals surface area (Å²) in [5, 5.41) is 17.0. The molecule has 0 radical (unpaired) electrons. The highest BCUT2D eigenvalue weighted by atomic mass is 16.5. The van der Waals surface area contributed by atoms with Gasteiger partial charge < -0.3 is 10.1 Å². The molecule has 1 aliphatic rings. The molecule has 0 atom stereocenters. The number of ether oxygens (including phenoxy) is 1. The summed E-state index contributed by atoms with van der Waals surface area (Å²) in [6.45, 7) is 3.91. The normalized spacial score (nSPS) is 15.1. The van der Waals surface area contributed by atoms with E-state index < -0.39 is 0 Å². The van der Waals surface area contributed by atoms with E-state index in [1.807, 2.05) is 32.0 Å². The van der Waals surface area contributed by atoms with Gasteiger partial charge in [-0.1, -0.05) is 12.8 Å². The van der Waals surface area contributed by atoms with Gasteiger partial charge in [-0.25, -0.2) is 0 Å². The first kappa shape index (κ1) is 15.5. The SMILES string of the molecule is CC(C)Oc1ccc(NC(=O)C2CCCC2)cc1-c1nn[nH]n1. The average molecular weight is 315 g/mol. The average Bonchev–Trinajstić information content (AvgIpc) is 3.22. The summed E-state index contributed by atoms with van der Waals surface area (Å²) in [7, 11) is 0. The fourth-order valence-corrected chi connectivity index (χ4v) is 2.85. The van der Waals surface area contributed by atoms with Crippen molar-refractivity contribution < 1.29 is 9.53 Å². The molecule has 122 valence electrons. The summed E-state index contributed by atoms with van der Waals surface area (Å²) in [4.78, 5) is 12.3. The molecule has 2 aromatic rings. The molecule has 0 aliphatic heterocycles. The van der Waals surface area contributed by atoms with Crippen LogP contribution in [0.1, 0.15) is 39.5 Å². The van der Waals surface area contributed by atoms with Crippen LogP contribution in [0.5, 0.6) is 5.75 Å². The van der Waals surface area contributed by atoms with Crippen molar-refractivity contribution in [3.63, 3.8) is 0 Å². The highest BCUT2D eigenvalue weighted by molar-refractivity contribution is 5.93. The Kier molecular flexibility index (Phi) is 4.55. The summed E-state index contributed by atoms with van der Waals surface area (Å²) < 4.78 is 5.79. The van der Waals surface area contributed by atoms with Crippen LogP contribution in [0.3, 0.4) is 0 Å². The lowest BCUT2D eigenvalue weighted by Gasteiger charge is -2.15. The molecule has 3 rings (SSSR count). The van der Waals surface area contributed by atoms with Gasteiger partial charge in [0.15, 0.2) is 0 Å². The van der Waals surface area contributed by atoms with Crippen LogP contribution in [0.25, 0.3) is 11.4 Å². The zero-order valence-electron chi connectivity index (χ0n) is 13.4. The summed E-state index contributed by atoms with van der Waals surface area (Å²) in [5.41, 5.74) is 1.43. The molecule has 0 spiro atoms. The highest BCUT2D eigenvalue weighted by Gasteiger charge is 2.23. The van der Waals surface area contributed by atoms with Gasteiger partial charge >= 0.3 is 0 Å². The molecule has 2 N–H and O–H groups in total. The van der Waals surface area contributed by atoms with Crippen LogP contribution in [0, 0.1) is 5.92 Å². The van der Waals surface area contributed by atoms with Crippen LogP contribution < -0.4 is 10.1 Å². The maximum absolute atomic E-state index is 12.3. The van der Waals surface area contributed by atoms with Crippen molar-refractivity contribution in [2.75, 3.05) is 5.32 Å². The fourth-order valence-electron chi connectivity index (χ4n) is 2.85. The second-order valence-electron chi connectivity index (χ2n) is 6.08. The third kappa shape index (κ3) is 3.67. The summed E-state index contributed by atoms with van der Waals surface area (Å²) >= 11 is 0. The first-order chi connectivity index (χ1) is 11.1. The number of benzene rings is 1. The summed E-state index contributed by atoms with van der Waals surface area (Å²) in [6.07, 6.45) is 4.23. The van der Waals surface area contributed by atoms with Crippen LogP contribution in [-0.2, 0) is 4.79 Å². The van der Waals surface area contributed by atoms with Gasteiger partial charge in [0.05, 0.1) is 11.7 Å². The van der Waals surface area contributed by atoms with E-state index in [9.17, 15) is 4.79 Å². The number of nitrogens with one attached hydrogen (secondary N) is 2. The molecule has 0 unspecified atom stereocenters. The second-order valence-corrected chi connectivity index (χ2v) is 6.08. The molecule has 7 heteroatoms. The van der Waals surface area contributed by atoms with E-state index >= 15 is 0 Å². The Balaban J connectivity index is 1.84. The van der Waals surface area contributed by atoms with Crippen LogP contribution >= 0.6 is 0 Å². The largest absolute Gasteiger partial charge is 0.490 e. The maximum Gasteiger partial charge on any atom is 0.227 e. The molecule has 0 saturated heterocycles. The summed E-state index contributed by atoms with van der Waals surface area (Å²) in [6, 6.07) is 5.50. The van der Waals surface area contributed by atoms with Crippen LogP contribution in [0.15, 0.2) is 18.2 Å². The fraction of sp³-hybridized carbons (Fsp3) is 0.500. The number of carbonyl (C=O) groups excluding carboxylic acids is 1. The zero-order chi connectivity index (χ0) is 16.2. The molecule has 1 heterocycles. The van der Waals surface area contributed by atoms with Crippen molar-refractivity contribution in [1.82, 2.24) is 20.6 Å². The van der Waals surface area contributed by atoms with Gasteiger partial charge in [0.2, 0.25) is 11.7 Å². The van der Waals surface area contributed by atoms with E-state index in [-0.39, 0.29) is 17.9 Å². The van der Waals surface area contributed by atoms with Crippen molar-refractivity contribution in [3.05, 3.63) is 18.2 Å². The number of anilines is 1. The van der Waals surface area contributed by atoms with Crippen molar-refractivity contribution in [3.8, 4) is 17.1 Å². The molecular formula is C16H21N5O2. The molecule has 1 aromatic heterocycles. The lowest BCUT2D eigenvalue weighted by molar-refractivity contribution is -0.119. The Morgan fingerprint density at radius 1 is 1.35 bits per heavy atom. The van der Waals surface area contributed by atoms with Gasteiger partial charge in [0.1, 0.15) is 5.75 Å². The molecule has 0 bridgehead atoms. The number of hydrogen-bond donors (Lipinski definition) is 2. The number of aromatic nitrogens is 4. The van der Waals surface area contributed by atoms with Crippen molar-refractivity contribution in [2.45, 2.75) is 45.6 Å². The minimum absolute atomic E-state index is 0.0274. The van der Waals surface area contributed by atoms with E-state index in [0.717, 1.165) is 31.4 Å². The third-order valence-electron chi connectivity index (χ3n) is 3.92. The number of amides is 1. The van der Waals surface area contributed by atoms with Crippen molar-refractivity contribution in [1.29, 1.82) is 0 Å². The van der Waals surface area contributed by atoms with E-state index in [2.05, 4.69) is 25.9 Å². The number of H-pyrrole nitrogens is 1. The van der Waals surface area contributed by atoms with Gasteiger partial charge in [-0.3, -0.25) is 4.79 Å². The van der Waals surface area contributed by atoms with Gasteiger partial charge in [0, 0.05) is 11.6 Å². The molecular weight excluding hydrogens is 294 g/mol. The van der Waals surface area contributed by atoms with Crippen LogP contribution in [0.2, 0.25) is 0 Å². The third-order valence-corrected chi connectivity index (χ3v) is 3.92. The quantitative estimate of drug-likeness (QED) is 0.885. The summed E-state index contributed by atoms with van der Waals surface area (Å²) in [5.74, 6) is 1.31. The van der Waals surface area contributed by atoms with E-state index in [4.69, 9.17) is 4.74 Å². The maximum atomic E-state index is 12.3. The van der Waals surface area contributed by atoms with Crippen molar-refractivity contribution >= 4 is 11.6 Å². The molecule has 1 fully saturated rings. The molecule has 7 nitrogen and oxygen atoms in total. The number of aromatic amines is 1. The molecule has 1 saturated carbocycles. The van der Waals surface area contributed by atoms with E-state index in [0.29, 0.717) is 17.1 Å². The monoisotopic (exact) mass is 315 g/mol. The topological polar surface area (TPSA) is 92.8 Å². The van der Waals surface area contributed by atoms with Gasteiger partial charge in [-0.05, 0) is 50.1 Å². The minimum atomic E-state index is 0.0274. The minimum Gasteiger partial charge on any atom is -0.490 e. The Bertz CT molecular complexity index is 663. The Morgan fingerprint density at radius 3 is 2.78 bits per heavy atom. The smallest absolute Gasteiger partial charge is 0.227 e. The second kappa shape index (κ2) is 6.76. The first-order valence-electron chi connectivity index (χ1n) is 7.99. The number of carbonyl (C=O) groups is 1. The number of tetrazole rings is 1. The highest BCUT2D eigenvalue weighted by Crippen LogP contribution is 2.32. The first-order valence-corrected chi connectivity index (χ1v) is 7.99.